The SMILES string of the molecule is O=S(Cl)c1cscc1S. The van der Waals surface area contributed by atoms with E-state index in [-0.39, 0.29) is 0 Å². The Balaban J connectivity index is 3.08. The molecule has 1 nitrogen and oxygen atoms in total. The van der Waals surface area contributed by atoms with E-state index >= 15 is 0 Å². The highest BCUT2D eigenvalue weighted by atomic mass is 35.7. The van der Waals surface area contributed by atoms with Crippen molar-refractivity contribution in [3.05, 3.63) is 10.8 Å². The molecule has 0 bridgehead atoms. The van der Waals surface area contributed by atoms with Crippen LogP contribution in [0.4, 0.5) is 0 Å². The zero-order valence-electron chi connectivity index (χ0n) is 4.20. The second kappa shape index (κ2) is 3.05. The molecule has 0 aromatic carbocycles. The summed E-state index contributed by atoms with van der Waals surface area (Å²) in [4.78, 5) is 1.30. The number of halogens is 1. The summed E-state index contributed by atoms with van der Waals surface area (Å²) >= 11 is 5.46. The van der Waals surface area contributed by atoms with Crippen molar-refractivity contribution in [1.29, 1.82) is 0 Å². The van der Waals surface area contributed by atoms with Crippen molar-refractivity contribution >= 4 is 44.7 Å². The maximum Gasteiger partial charge on any atom is 0.149 e. The molecule has 0 aliphatic heterocycles. The molecule has 1 heterocycles. The number of hydrogen-bond donors (Lipinski definition) is 1. The smallest absolute Gasteiger partial charge is 0.149 e. The van der Waals surface area contributed by atoms with Gasteiger partial charge in [0.15, 0.2) is 0 Å². The largest absolute Gasteiger partial charge is 0.237 e. The standard InChI is InChI=1S/C4H3ClOS3/c5-9(6)4-2-8-1-3(4)7/h1-2,7H. The fourth-order valence-electron chi connectivity index (χ4n) is 0.399. The van der Waals surface area contributed by atoms with E-state index in [2.05, 4.69) is 12.6 Å². The van der Waals surface area contributed by atoms with Crippen molar-refractivity contribution in [2.45, 2.75) is 9.79 Å². The van der Waals surface area contributed by atoms with Crippen LogP contribution in [0, 0.1) is 0 Å². The molecule has 0 aliphatic carbocycles. The summed E-state index contributed by atoms with van der Waals surface area (Å²) in [5, 5.41) is 3.52. The van der Waals surface area contributed by atoms with Crippen molar-refractivity contribution in [2.75, 3.05) is 0 Å². The van der Waals surface area contributed by atoms with Gasteiger partial charge in [0.05, 0.1) is 4.90 Å². The van der Waals surface area contributed by atoms with Gasteiger partial charge in [0.2, 0.25) is 0 Å². The molecule has 0 aliphatic rings. The number of hydrogen-bond acceptors (Lipinski definition) is 3. The average molecular weight is 199 g/mol. The number of thiophene rings is 1. The van der Waals surface area contributed by atoms with Crippen molar-refractivity contribution in [2.24, 2.45) is 0 Å². The van der Waals surface area contributed by atoms with Gasteiger partial charge >= 0.3 is 0 Å². The molecule has 5 heteroatoms. The molecule has 1 atom stereocenters. The molecule has 1 aromatic rings. The van der Waals surface area contributed by atoms with E-state index in [1.165, 1.54) is 11.3 Å². The van der Waals surface area contributed by atoms with Crippen LogP contribution in [0.3, 0.4) is 0 Å². The Morgan fingerprint density at radius 1 is 1.67 bits per heavy atom. The van der Waals surface area contributed by atoms with E-state index in [1.807, 2.05) is 0 Å². The summed E-state index contributed by atoms with van der Waals surface area (Å²) in [7, 11) is 3.88. The van der Waals surface area contributed by atoms with E-state index in [1.54, 1.807) is 10.8 Å². The molecule has 0 spiro atoms. The Kier molecular flexibility index (Phi) is 2.58. The molecular weight excluding hydrogens is 196 g/mol. The molecule has 1 unspecified atom stereocenters. The predicted molar refractivity (Wildman–Crippen MR) is 43.8 cm³/mol. The Hall–Kier alpha value is 0.490. The van der Waals surface area contributed by atoms with Gasteiger partial charge in [-0.15, -0.1) is 24.0 Å². The maximum atomic E-state index is 10.6. The molecule has 0 saturated carbocycles. The molecule has 9 heavy (non-hydrogen) atoms. The third kappa shape index (κ3) is 1.70. The Morgan fingerprint density at radius 3 is 2.56 bits per heavy atom. The number of rotatable bonds is 1. The van der Waals surface area contributed by atoms with E-state index in [4.69, 9.17) is 10.7 Å². The van der Waals surface area contributed by atoms with Gasteiger partial charge in [-0.3, -0.25) is 0 Å². The van der Waals surface area contributed by atoms with Crippen LogP contribution in [-0.4, -0.2) is 4.21 Å². The zero-order valence-corrected chi connectivity index (χ0v) is 7.49. The van der Waals surface area contributed by atoms with Gasteiger partial charge in [-0.25, -0.2) is 4.21 Å². The van der Waals surface area contributed by atoms with Crippen LogP contribution in [0.15, 0.2) is 20.6 Å². The summed E-state index contributed by atoms with van der Waals surface area (Å²) in [6.45, 7) is 0. The normalized spacial score (nSPS) is 13.6. The average Bonchev–Trinajstić information content (AvgIpc) is 2.13. The van der Waals surface area contributed by atoms with Gasteiger partial charge < -0.3 is 0 Å². The van der Waals surface area contributed by atoms with Crippen LogP contribution in [0.1, 0.15) is 0 Å². The lowest BCUT2D eigenvalue weighted by atomic mass is 10.7. The van der Waals surface area contributed by atoms with E-state index in [9.17, 15) is 4.21 Å². The first-order valence-corrected chi connectivity index (χ1v) is 5.41. The number of thiol groups is 1. The molecule has 0 saturated heterocycles. The van der Waals surface area contributed by atoms with Crippen LogP contribution >= 0.6 is 34.6 Å². The first-order valence-electron chi connectivity index (χ1n) is 2.05. The molecular formula is C4H3ClOS3. The third-order valence-corrected chi connectivity index (χ3v) is 3.55. The molecule has 0 fully saturated rings. The van der Waals surface area contributed by atoms with Gasteiger partial charge in [0.1, 0.15) is 10.0 Å². The second-order valence-electron chi connectivity index (χ2n) is 1.34. The second-order valence-corrected chi connectivity index (χ2v) is 4.30. The van der Waals surface area contributed by atoms with E-state index in [0.29, 0.717) is 9.79 Å². The Morgan fingerprint density at radius 2 is 2.33 bits per heavy atom. The van der Waals surface area contributed by atoms with Crippen LogP contribution in [0.5, 0.6) is 0 Å². The molecule has 0 amide bonds. The van der Waals surface area contributed by atoms with Crippen molar-refractivity contribution in [3.8, 4) is 0 Å². The zero-order chi connectivity index (χ0) is 6.85. The molecule has 0 radical (unpaired) electrons. The fourth-order valence-corrected chi connectivity index (χ4v) is 3.06. The lowest BCUT2D eigenvalue weighted by Crippen LogP contribution is -1.75. The summed E-state index contributed by atoms with van der Waals surface area (Å²) in [5.41, 5.74) is 0. The Labute approximate surface area is 69.4 Å². The highest BCUT2D eigenvalue weighted by Gasteiger charge is 2.03. The molecule has 0 N–H and O–H groups in total. The minimum Gasteiger partial charge on any atom is -0.237 e. The van der Waals surface area contributed by atoms with Gasteiger partial charge in [0, 0.05) is 15.7 Å². The van der Waals surface area contributed by atoms with E-state index < -0.39 is 10.0 Å². The summed E-state index contributed by atoms with van der Waals surface area (Å²) in [5.74, 6) is 0. The maximum absolute atomic E-state index is 10.6. The van der Waals surface area contributed by atoms with Crippen molar-refractivity contribution < 1.29 is 4.21 Å². The summed E-state index contributed by atoms with van der Waals surface area (Å²) < 4.78 is 10.6. The Bertz CT molecular complexity index is 231. The van der Waals surface area contributed by atoms with Gasteiger partial charge in [-0.2, -0.15) is 0 Å². The molecule has 1 aromatic heterocycles. The minimum absolute atomic E-state index is 0.602. The van der Waals surface area contributed by atoms with Crippen LogP contribution in [-0.2, 0) is 10.0 Å². The first kappa shape index (κ1) is 7.60. The van der Waals surface area contributed by atoms with Crippen LogP contribution in [0.25, 0.3) is 0 Å². The summed E-state index contributed by atoms with van der Waals surface area (Å²) in [6.07, 6.45) is 0. The quantitative estimate of drug-likeness (QED) is 0.542. The topological polar surface area (TPSA) is 17.1 Å². The van der Waals surface area contributed by atoms with Gasteiger partial charge in [0.25, 0.3) is 0 Å². The highest BCUT2D eigenvalue weighted by molar-refractivity contribution is 8.08. The van der Waals surface area contributed by atoms with Crippen molar-refractivity contribution in [1.82, 2.24) is 0 Å². The highest BCUT2D eigenvalue weighted by Crippen LogP contribution is 2.23. The minimum atomic E-state index is -1.40. The van der Waals surface area contributed by atoms with Gasteiger partial charge in [-0.1, -0.05) is 0 Å². The summed E-state index contributed by atoms with van der Waals surface area (Å²) in [6, 6.07) is 0. The lowest BCUT2D eigenvalue weighted by Gasteiger charge is -1.85. The van der Waals surface area contributed by atoms with Crippen molar-refractivity contribution in [3.63, 3.8) is 0 Å². The first-order chi connectivity index (χ1) is 4.22. The van der Waals surface area contributed by atoms with Crippen LogP contribution in [0.2, 0.25) is 0 Å². The monoisotopic (exact) mass is 198 g/mol. The van der Waals surface area contributed by atoms with Crippen LogP contribution < -0.4 is 0 Å². The fraction of sp³-hybridized carbons (Fsp3) is 0. The molecule has 50 valence electrons. The lowest BCUT2D eigenvalue weighted by molar-refractivity contribution is 0.690. The van der Waals surface area contributed by atoms with Gasteiger partial charge in [-0.05, 0) is 10.7 Å². The van der Waals surface area contributed by atoms with E-state index in [0.717, 1.165) is 0 Å². The third-order valence-electron chi connectivity index (χ3n) is 0.780. The molecule has 1 rings (SSSR count). The predicted octanol–water partition coefficient (Wildman–Crippen LogP) is 2.30.